The molecule has 1 N–H and O–H groups in total. The van der Waals surface area contributed by atoms with Gasteiger partial charge in [-0.3, -0.25) is 0 Å². The van der Waals surface area contributed by atoms with Crippen LogP contribution in [0.4, 0.5) is 0 Å². The molecule has 0 aromatic carbocycles. The maximum Gasteiger partial charge on any atom is 0.0826 e. The van der Waals surface area contributed by atoms with E-state index in [9.17, 15) is 5.11 Å². The standard InChI is InChI=1S/C9H18O3/c1-7(3-4-11-2)8-5-12-6-9(8)10/h7-10H,3-6H2,1-2H3/t7?,8-,9+/m0/s1. The molecule has 1 fully saturated rings. The molecule has 0 spiro atoms. The van der Waals surface area contributed by atoms with E-state index in [-0.39, 0.29) is 6.10 Å². The van der Waals surface area contributed by atoms with Gasteiger partial charge in [0.1, 0.15) is 0 Å². The van der Waals surface area contributed by atoms with Crippen molar-refractivity contribution in [1.82, 2.24) is 0 Å². The molecule has 1 heterocycles. The highest BCUT2D eigenvalue weighted by atomic mass is 16.5. The molecule has 0 aliphatic carbocycles. The summed E-state index contributed by atoms with van der Waals surface area (Å²) in [5, 5.41) is 9.49. The Labute approximate surface area is 73.7 Å². The lowest BCUT2D eigenvalue weighted by molar-refractivity contribution is 0.0950. The van der Waals surface area contributed by atoms with Crippen molar-refractivity contribution in [2.75, 3.05) is 26.9 Å². The average Bonchev–Trinajstić information content (AvgIpc) is 2.47. The minimum atomic E-state index is -0.267. The molecule has 0 amide bonds. The highest BCUT2D eigenvalue weighted by Gasteiger charge is 2.30. The summed E-state index contributed by atoms with van der Waals surface area (Å²) in [6.45, 7) is 4.11. The van der Waals surface area contributed by atoms with Crippen LogP contribution >= 0.6 is 0 Å². The van der Waals surface area contributed by atoms with Gasteiger partial charge >= 0.3 is 0 Å². The molecule has 0 aromatic heterocycles. The molecule has 1 rings (SSSR count). The van der Waals surface area contributed by atoms with Gasteiger partial charge in [-0.25, -0.2) is 0 Å². The third-order valence-corrected chi connectivity index (χ3v) is 2.60. The zero-order chi connectivity index (χ0) is 8.97. The van der Waals surface area contributed by atoms with Gasteiger partial charge in [0.05, 0.1) is 19.3 Å². The summed E-state index contributed by atoms with van der Waals surface area (Å²) in [4.78, 5) is 0. The Hall–Kier alpha value is -0.120. The Morgan fingerprint density at radius 3 is 2.83 bits per heavy atom. The van der Waals surface area contributed by atoms with Crippen molar-refractivity contribution < 1.29 is 14.6 Å². The number of hydrogen-bond donors (Lipinski definition) is 1. The second-order valence-corrected chi connectivity index (χ2v) is 3.53. The summed E-state index contributed by atoms with van der Waals surface area (Å²) in [6, 6.07) is 0. The van der Waals surface area contributed by atoms with Crippen molar-refractivity contribution in [3.8, 4) is 0 Å². The topological polar surface area (TPSA) is 38.7 Å². The quantitative estimate of drug-likeness (QED) is 0.680. The molecular weight excluding hydrogens is 156 g/mol. The molecule has 0 radical (unpaired) electrons. The van der Waals surface area contributed by atoms with Crippen molar-refractivity contribution in [3.05, 3.63) is 0 Å². The van der Waals surface area contributed by atoms with Crippen LogP contribution in [0.3, 0.4) is 0 Å². The number of methoxy groups -OCH3 is 1. The lowest BCUT2D eigenvalue weighted by Crippen LogP contribution is -2.25. The molecule has 12 heavy (non-hydrogen) atoms. The molecule has 3 nitrogen and oxygen atoms in total. The summed E-state index contributed by atoms with van der Waals surface area (Å²) in [5.41, 5.74) is 0. The van der Waals surface area contributed by atoms with Gasteiger partial charge in [-0.05, 0) is 12.3 Å². The van der Waals surface area contributed by atoms with E-state index >= 15 is 0 Å². The lowest BCUT2D eigenvalue weighted by Gasteiger charge is -2.19. The van der Waals surface area contributed by atoms with Crippen LogP contribution in [0.25, 0.3) is 0 Å². The first-order valence-corrected chi connectivity index (χ1v) is 4.50. The summed E-state index contributed by atoms with van der Waals surface area (Å²) >= 11 is 0. The molecule has 0 saturated carbocycles. The van der Waals surface area contributed by atoms with Gasteiger partial charge in [-0.15, -0.1) is 0 Å². The van der Waals surface area contributed by atoms with E-state index in [1.165, 1.54) is 0 Å². The van der Waals surface area contributed by atoms with Gasteiger partial charge in [-0.1, -0.05) is 6.92 Å². The van der Waals surface area contributed by atoms with Crippen LogP contribution < -0.4 is 0 Å². The number of aliphatic hydroxyl groups is 1. The molecule has 3 heteroatoms. The van der Waals surface area contributed by atoms with Gasteiger partial charge in [0.15, 0.2) is 0 Å². The second-order valence-electron chi connectivity index (χ2n) is 3.53. The number of rotatable bonds is 4. The summed E-state index contributed by atoms with van der Waals surface area (Å²) in [6.07, 6.45) is 0.735. The first kappa shape index (κ1) is 9.96. The Morgan fingerprint density at radius 1 is 1.58 bits per heavy atom. The van der Waals surface area contributed by atoms with Crippen molar-refractivity contribution in [2.45, 2.75) is 19.4 Å². The molecule has 1 saturated heterocycles. The Bertz CT molecular complexity index is 127. The average molecular weight is 174 g/mol. The van der Waals surface area contributed by atoms with Crippen molar-refractivity contribution in [3.63, 3.8) is 0 Å². The summed E-state index contributed by atoms with van der Waals surface area (Å²) in [5.74, 6) is 0.794. The maximum atomic E-state index is 9.49. The van der Waals surface area contributed by atoms with E-state index < -0.39 is 0 Å². The highest BCUT2D eigenvalue weighted by molar-refractivity contribution is 4.78. The minimum absolute atomic E-state index is 0.267. The van der Waals surface area contributed by atoms with Crippen LogP contribution in [-0.2, 0) is 9.47 Å². The fourth-order valence-corrected chi connectivity index (χ4v) is 1.62. The fourth-order valence-electron chi connectivity index (χ4n) is 1.62. The Balaban J connectivity index is 2.25. The Kier molecular flexibility index (Phi) is 3.98. The molecule has 1 unspecified atom stereocenters. The van der Waals surface area contributed by atoms with Crippen molar-refractivity contribution >= 4 is 0 Å². The molecule has 1 aliphatic rings. The molecule has 3 atom stereocenters. The monoisotopic (exact) mass is 174 g/mol. The van der Waals surface area contributed by atoms with Crippen LogP contribution in [0, 0.1) is 11.8 Å². The maximum absolute atomic E-state index is 9.49. The van der Waals surface area contributed by atoms with Gasteiger partial charge in [0.25, 0.3) is 0 Å². The number of ether oxygens (including phenoxy) is 2. The predicted molar refractivity (Wildman–Crippen MR) is 46.0 cm³/mol. The largest absolute Gasteiger partial charge is 0.390 e. The second kappa shape index (κ2) is 4.80. The van der Waals surface area contributed by atoms with Crippen LogP contribution in [0.15, 0.2) is 0 Å². The molecule has 1 aliphatic heterocycles. The highest BCUT2D eigenvalue weighted by Crippen LogP contribution is 2.24. The van der Waals surface area contributed by atoms with Gasteiger partial charge < -0.3 is 14.6 Å². The molecule has 72 valence electrons. The van der Waals surface area contributed by atoms with Crippen LogP contribution in [0.5, 0.6) is 0 Å². The summed E-state index contributed by atoms with van der Waals surface area (Å²) in [7, 11) is 1.70. The van der Waals surface area contributed by atoms with E-state index in [1.807, 2.05) is 0 Å². The van der Waals surface area contributed by atoms with Crippen LogP contribution in [0.1, 0.15) is 13.3 Å². The van der Waals surface area contributed by atoms with Gasteiger partial charge in [0.2, 0.25) is 0 Å². The van der Waals surface area contributed by atoms with E-state index in [0.717, 1.165) is 13.0 Å². The summed E-state index contributed by atoms with van der Waals surface area (Å²) < 4.78 is 10.2. The SMILES string of the molecule is COCCC(C)[C@@H]1COC[C@H]1O. The predicted octanol–water partition coefficient (Wildman–Crippen LogP) is 0.666. The minimum Gasteiger partial charge on any atom is -0.390 e. The van der Waals surface area contributed by atoms with Crippen LogP contribution in [-0.4, -0.2) is 38.1 Å². The lowest BCUT2D eigenvalue weighted by atomic mass is 9.89. The Morgan fingerprint density at radius 2 is 2.33 bits per heavy atom. The molecular formula is C9H18O3. The van der Waals surface area contributed by atoms with Crippen LogP contribution in [0.2, 0.25) is 0 Å². The van der Waals surface area contributed by atoms with E-state index in [4.69, 9.17) is 9.47 Å². The van der Waals surface area contributed by atoms with E-state index in [0.29, 0.717) is 25.0 Å². The van der Waals surface area contributed by atoms with E-state index in [1.54, 1.807) is 7.11 Å². The fraction of sp³-hybridized carbons (Fsp3) is 1.00. The van der Waals surface area contributed by atoms with E-state index in [2.05, 4.69) is 6.92 Å². The normalized spacial score (nSPS) is 32.2. The van der Waals surface area contributed by atoms with Gasteiger partial charge in [0, 0.05) is 19.6 Å². The third-order valence-electron chi connectivity index (χ3n) is 2.60. The third kappa shape index (κ3) is 2.44. The molecule has 0 aromatic rings. The van der Waals surface area contributed by atoms with Crippen molar-refractivity contribution in [2.24, 2.45) is 11.8 Å². The number of aliphatic hydroxyl groups excluding tert-OH is 1. The zero-order valence-electron chi connectivity index (χ0n) is 7.82. The first-order chi connectivity index (χ1) is 5.75. The zero-order valence-corrected chi connectivity index (χ0v) is 7.82. The smallest absolute Gasteiger partial charge is 0.0826 e. The molecule has 0 bridgehead atoms. The number of hydrogen-bond acceptors (Lipinski definition) is 3. The first-order valence-electron chi connectivity index (χ1n) is 4.50. The van der Waals surface area contributed by atoms with Crippen molar-refractivity contribution in [1.29, 1.82) is 0 Å². The van der Waals surface area contributed by atoms with Gasteiger partial charge in [-0.2, -0.15) is 0 Å².